The average Bonchev–Trinajstić information content (AvgIpc) is 3.14. The van der Waals surface area contributed by atoms with Crippen molar-refractivity contribution in [2.75, 3.05) is 26.3 Å². The Kier molecular flexibility index (Phi) is 4.78. The summed E-state index contributed by atoms with van der Waals surface area (Å²) in [4.78, 5) is 11.1. The molecule has 2 aliphatic rings. The molecular formula is C18H23N3O2S. The third-order valence-corrected chi connectivity index (χ3v) is 5.83. The molecule has 2 atom stereocenters. The van der Waals surface area contributed by atoms with Crippen LogP contribution < -0.4 is 4.74 Å². The minimum Gasteiger partial charge on any atom is -0.491 e. The summed E-state index contributed by atoms with van der Waals surface area (Å²) < 4.78 is 12.2. The van der Waals surface area contributed by atoms with E-state index in [9.17, 15) is 0 Å². The Hall–Kier alpha value is -1.50. The van der Waals surface area contributed by atoms with E-state index in [4.69, 9.17) is 9.47 Å². The zero-order chi connectivity index (χ0) is 16.2. The van der Waals surface area contributed by atoms with Gasteiger partial charge in [0.2, 0.25) is 0 Å². The first-order chi connectivity index (χ1) is 11.8. The van der Waals surface area contributed by atoms with E-state index in [1.165, 1.54) is 5.01 Å². The normalized spacial score (nSPS) is 27.6. The number of aromatic nitrogens is 2. The SMILES string of the molecule is c1cncc(OC[C@]23CCCO[C@@H]2CCN(Cc2nccs2)C3)c1. The quantitative estimate of drug-likeness (QED) is 0.834. The highest BCUT2D eigenvalue weighted by Crippen LogP contribution is 2.41. The fraction of sp³-hybridized carbons (Fsp3) is 0.556. The van der Waals surface area contributed by atoms with Gasteiger partial charge in [0.25, 0.3) is 0 Å². The minimum atomic E-state index is 0.0730. The minimum absolute atomic E-state index is 0.0730. The number of rotatable bonds is 5. The second-order valence-electron chi connectivity index (χ2n) is 6.73. The number of nitrogens with zero attached hydrogens (tertiary/aromatic N) is 3. The van der Waals surface area contributed by atoms with Crippen LogP contribution >= 0.6 is 11.3 Å². The van der Waals surface area contributed by atoms with E-state index in [0.717, 1.165) is 51.3 Å². The molecule has 2 saturated heterocycles. The third kappa shape index (κ3) is 3.45. The molecule has 0 aliphatic carbocycles. The van der Waals surface area contributed by atoms with Crippen LogP contribution in [0.2, 0.25) is 0 Å². The summed E-state index contributed by atoms with van der Waals surface area (Å²) in [6.07, 6.45) is 9.08. The summed E-state index contributed by atoms with van der Waals surface area (Å²) in [6.45, 7) is 4.58. The van der Waals surface area contributed by atoms with Crippen LogP contribution in [0.25, 0.3) is 0 Å². The molecule has 6 heteroatoms. The Bertz CT molecular complexity index is 637. The number of fused-ring (bicyclic) bond motifs is 1. The van der Waals surface area contributed by atoms with Crippen molar-refractivity contribution in [3.63, 3.8) is 0 Å². The molecule has 2 aromatic rings. The van der Waals surface area contributed by atoms with Crippen LogP contribution in [0.1, 0.15) is 24.3 Å². The Balaban J connectivity index is 1.47. The van der Waals surface area contributed by atoms with Gasteiger partial charge in [-0.15, -0.1) is 11.3 Å². The number of hydrogen-bond donors (Lipinski definition) is 0. The fourth-order valence-corrected chi connectivity index (χ4v) is 4.57. The smallest absolute Gasteiger partial charge is 0.137 e. The molecule has 24 heavy (non-hydrogen) atoms. The molecule has 0 aromatic carbocycles. The predicted molar refractivity (Wildman–Crippen MR) is 93.1 cm³/mol. The van der Waals surface area contributed by atoms with Crippen LogP contribution in [0.5, 0.6) is 5.75 Å². The van der Waals surface area contributed by atoms with Gasteiger partial charge in [-0.25, -0.2) is 4.98 Å². The van der Waals surface area contributed by atoms with Crippen molar-refractivity contribution in [1.82, 2.24) is 14.9 Å². The van der Waals surface area contributed by atoms with Gasteiger partial charge >= 0.3 is 0 Å². The summed E-state index contributed by atoms with van der Waals surface area (Å²) in [5.74, 6) is 0.841. The van der Waals surface area contributed by atoms with E-state index >= 15 is 0 Å². The molecule has 0 spiro atoms. The highest BCUT2D eigenvalue weighted by molar-refractivity contribution is 7.09. The molecule has 0 N–H and O–H groups in total. The van der Waals surface area contributed by atoms with Crippen LogP contribution in [-0.2, 0) is 11.3 Å². The lowest BCUT2D eigenvalue weighted by molar-refractivity contribution is -0.140. The molecule has 4 heterocycles. The van der Waals surface area contributed by atoms with Crippen LogP contribution in [0.4, 0.5) is 0 Å². The van der Waals surface area contributed by atoms with Gasteiger partial charge in [0.15, 0.2) is 0 Å². The van der Waals surface area contributed by atoms with Crippen molar-refractivity contribution in [2.24, 2.45) is 5.41 Å². The van der Waals surface area contributed by atoms with Gasteiger partial charge < -0.3 is 9.47 Å². The molecule has 5 nitrogen and oxygen atoms in total. The second-order valence-corrected chi connectivity index (χ2v) is 7.71. The van der Waals surface area contributed by atoms with Gasteiger partial charge in [-0.2, -0.15) is 0 Å². The molecule has 2 aliphatic heterocycles. The Morgan fingerprint density at radius 2 is 2.42 bits per heavy atom. The largest absolute Gasteiger partial charge is 0.491 e. The summed E-state index contributed by atoms with van der Waals surface area (Å²) in [5, 5.41) is 3.24. The number of thiazole rings is 1. The maximum Gasteiger partial charge on any atom is 0.137 e. The molecule has 0 saturated carbocycles. The van der Waals surface area contributed by atoms with E-state index in [1.54, 1.807) is 23.7 Å². The Morgan fingerprint density at radius 1 is 1.42 bits per heavy atom. The van der Waals surface area contributed by atoms with Crippen molar-refractivity contribution >= 4 is 11.3 Å². The first-order valence-electron chi connectivity index (χ1n) is 8.59. The van der Waals surface area contributed by atoms with Crippen molar-refractivity contribution in [1.29, 1.82) is 0 Å². The zero-order valence-electron chi connectivity index (χ0n) is 13.8. The highest BCUT2D eigenvalue weighted by atomic mass is 32.1. The molecule has 0 amide bonds. The van der Waals surface area contributed by atoms with Crippen molar-refractivity contribution < 1.29 is 9.47 Å². The number of hydrogen-bond acceptors (Lipinski definition) is 6. The second kappa shape index (κ2) is 7.17. The van der Waals surface area contributed by atoms with Crippen LogP contribution in [-0.4, -0.2) is 47.3 Å². The maximum atomic E-state index is 6.12. The number of likely N-dealkylation sites (tertiary alicyclic amines) is 1. The molecule has 4 rings (SSSR count). The lowest BCUT2D eigenvalue weighted by Gasteiger charge is -2.50. The standard InChI is InChI=1S/C18H23N3O2S/c1-3-15(11-19-6-1)23-14-18-5-2-9-22-16(18)4-8-21(13-18)12-17-20-7-10-24-17/h1,3,6-7,10-11,16H,2,4-5,8-9,12-14H2/t16-,18-/m1/s1. The number of ether oxygens (including phenoxy) is 2. The first kappa shape index (κ1) is 16.0. The molecule has 128 valence electrons. The Labute approximate surface area is 146 Å². The van der Waals surface area contributed by atoms with Crippen molar-refractivity contribution in [2.45, 2.75) is 31.9 Å². The van der Waals surface area contributed by atoms with Gasteiger partial charge in [-0.1, -0.05) is 0 Å². The number of pyridine rings is 1. The molecule has 0 radical (unpaired) electrons. The summed E-state index contributed by atoms with van der Waals surface area (Å²) >= 11 is 1.73. The van der Waals surface area contributed by atoms with E-state index in [-0.39, 0.29) is 5.41 Å². The third-order valence-electron chi connectivity index (χ3n) is 5.07. The van der Waals surface area contributed by atoms with Gasteiger partial charge in [0.1, 0.15) is 10.8 Å². The van der Waals surface area contributed by atoms with E-state index in [0.29, 0.717) is 12.7 Å². The molecule has 2 aromatic heterocycles. The summed E-state index contributed by atoms with van der Waals surface area (Å²) in [5.41, 5.74) is 0.0730. The molecule has 0 bridgehead atoms. The summed E-state index contributed by atoms with van der Waals surface area (Å²) in [6, 6.07) is 3.88. The van der Waals surface area contributed by atoms with E-state index < -0.39 is 0 Å². The van der Waals surface area contributed by atoms with Crippen molar-refractivity contribution in [3.8, 4) is 5.75 Å². The monoisotopic (exact) mass is 345 g/mol. The lowest BCUT2D eigenvalue weighted by Crippen LogP contribution is -2.57. The van der Waals surface area contributed by atoms with Gasteiger partial charge in [-0.05, 0) is 31.4 Å². The van der Waals surface area contributed by atoms with E-state index in [2.05, 4.69) is 14.9 Å². The van der Waals surface area contributed by atoms with E-state index in [1.807, 2.05) is 23.7 Å². The molecule has 0 unspecified atom stereocenters. The lowest BCUT2D eigenvalue weighted by atomic mass is 9.73. The van der Waals surface area contributed by atoms with Gasteiger partial charge in [-0.3, -0.25) is 9.88 Å². The van der Waals surface area contributed by atoms with Crippen LogP contribution in [0.3, 0.4) is 0 Å². The van der Waals surface area contributed by atoms with Crippen LogP contribution in [0.15, 0.2) is 36.1 Å². The van der Waals surface area contributed by atoms with Gasteiger partial charge in [0.05, 0.1) is 25.5 Å². The number of piperidine rings is 1. The zero-order valence-corrected chi connectivity index (χ0v) is 14.6. The predicted octanol–water partition coefficient (Wildman–Crippen LogP) is 2.99. The molecule has 2 fully saturated rings. The molecular weight excluding hydrogens is 322 g/mol. The topological polar surface area (TPSA) is 47.5 Å². The highest BCUT2D eigenvalue weighted by Gasteiger charge is 2.46. The maximum absolute atomic E-state index is 6.12. The average molecular weight is 345 g/mol. The van der Waals surface area contributed by atoms with Gasteiger partial charge in [0, 0.05) is 42.9 Å². The Morgan fingerprint density at radius 3 is 3.25 bits per heavy atom. The first-order valence-corrected chi connectivity index (χ1v) is 9.47. The summed E-state index contributed by atoms with van der Waals surface area (Å²) in [7, 11) is 0. The fourth-order valence-electron chi connectivity index (χ4n) is 3.91. The van der Waals surface area contributed by atoms with Crippen molar-refractivity contribution in [3.05, 3.63) is 41.1 Å². The van der Waals surface area contributed by atoms with Crippen LogP contribution in [0, 0.1) is 5.41 Å².